The van der Waals surface area contributed by atoms with Gasteiger partial charge in [-0.05, 0) is 42.4 Å². The molecule has 0 amide bonds. The van der Waals surface area contributed by atoms with Gasteiger partial charge in [-0.15, -0.1) is 4.91 Å². The van der Waals surface area contributed by atoms with E-state index in [1.54, 1.807) is 36.4 Å². The molecule has 0 spiro atoms. The standard InChI is InChI=1S/C20H16ClN7O/c1-12-8-19(27-26-12)24-18-11-17(13-4-2-7-16(9-13)28-29)23-20(25-18)22-15-6-3-5-14(21)10-15/h2-11H,1H3,(H3,22,23,24,25,26,27). The molecule has 3 N–H and O–H groups in total. The number of benzene rings is 2. The van der Waals surface area contributed by atoms with Crippen LogP contribution >= 0.6 is 11.6 Å². The van der Waals surface area contributed by atoms with Crippen LogP contribution in [0.1, 0.15) is 5.69 Å². The summed E-state index contributed by atoms with van der Waals surface area (Å²) in [4.78, 5) is 20.0. The van der Waals surface area contributed by atoms with E-state index in [4.69, 9.17) is 11.6 Å². The molecular formula is C20H16ClN7O. The first-order chi connectivity index (χ1) is 14.1. The first-order valence-corrected chi connectivity index (χ1v) is 9.11. The summed E-state index contributed by atoms with van der Waals surface area (Å²) in [5, 5.41) is 17.0. The van der Waals surface area contributed by atoms with Gasteiger partial charge in [-0.2, -0.15) is 10.1 Å². The zero-order chi connectivity index (χ0) is 20.2. The predicted octanol–water partition coefficient (Wildman–Crippen LogP) is 5.71. The van der Waals surface area contributed by atoms with Crippen molar-refractivity contribution >= 4 is 40.6 Å². The van der Waals surface area contributed by atoms with Crippen LogP contribution in [0.5, 0.6) is 0 Å². The van der Waals surface area contributed by atoms with Gasteiger partial charge >= 0.3 is 0 Å². The molecule has 0 aliphatic carbocycles. The maximum absolute atomic E-state index is 10.9. The van der Waals surface area contributed by atoms with Gasteiger partial charge in [0.05, 0.1) is 5.69 Å². The van der Waals surface area contributed by atoms with Crippen LogP contribution in [-0.4, -0.2) is 20.2 Å². The van der Waals surface area contributed by atoms with Crippen LogP contribution in [0.25, 0.3) is 11.3 Å². The first kappa shape index (κ1) is 18.6. The molecule has 0 aliphatic heterocycles. The van der Waals surface area contributed by atoms with Gasteiger partial charge in [0, 0.05) is 34.1 Å². The Bertz CT molecular complexity index is 1170. The minimum atomic E-state index is 0.322. The minimum Gasteiger partial charge on any atom is -0.324 e. The van der Waals surface area contributed by atoms with Crippen LogP contribution in [-0.2, 0) is 0 Å². The molecule has 9 heteroatoms. The van der Waals surface area contributed by atoms with Crippen molar-refractivity contribution in [2.75, 3.05) is 10.6 Å². The average molecular weight is 406 g/mol. The van der Waals surface area contributed by atoms with E-state index in [1.807, 2.05) is 31.2 Å². The number of anilines is 4. The Labute approximate surface area is 171 Å². The predicted molar refractivity (Wildman–Crippen MR) is 114 cm³/mol. The van der Waals surface area contributed by atoms with E-state index in [2.05, 4.69) is 36.0 Å². The highest BCUT2D eigenvalue weighted by atomic mass is 35.5. The van der Waals surface area contributed by atoms with Gasteiger partial charge in [0.1, 0.15) is 11.5 Å². The van der Waals surface area contributed by atoms with Crippen LogP contribution < -0.4 is 10.6 Å². The quantitative estimate of drug-likeness (QED) is 0.354. The fraction of sp³-hybridized carbons (Fsp3) is 0.0500. The Morgan fingerprint density at radius 3 is 2.59 bits per heavy atom. The molecule has 0 saturated carbocycles. The molecule has 0 radical (unpaired) electrons. The van der Waals surface area contributed by atoms with Crippen molar-refractivity contribution in [3.63, 3.8) is 0 Å². The molecule has 29 heavy (non-hydrogen) atoms. The van der Waals surface area contributed by atoms with E-state index < -0.39 is 0 Å². The van der Waals surface area contributed by atoms with Crippen LogP contribution in [0, 0.1) is 11.8 Å². The van der Waals surface area contributed by atoms with Gasteiger partial charge in [-0.25, -0.2) is 4.98 Å². The van der Waals surface area contributed by atoms with Crippen LogP contribution in [0.3, 0.4) is 0 Å². The van der Waals surface area contributed by atoms with Crippen LogP contribution in [0.4, 0.5) is 29.0 Å². The fourth-order valence-electron chi connectivity index (χ4n) is 2.75. The Morgan fingerprint density at radius 1 is 0.966 bits per heavy atom. The Kier molecular flexibility index (Phi) is 5.17. The molecule has 8 nitrogen and oxygen atoms in total. The zero-order valence-electron chi connectivity index (χ0n) is 15.3. The van der Waals surface area contributed by atoms with Gasteiger partial charge in [-0.1, -0.05) is 29.8 Å². The molecule has 144 valence electrons. The highest BCUT2D eigenvalue weighted by Gasteiger charge is 2.10. The lowest BCUT2D eigenvalue weighted by molar-refractivity contribution is 1.05. The minimum absolute atomic E-state index is 0.322. The molecule has 2 heterocycles. The third kappa shape index (κ3) is 4.56. The number of halogens is 1. The van der Waals surface area contributed by atoms with Crippen molar-refractivity contribution in [1.82, 2.24) is 20.2 Å². The average Bonchev–Trinajstić information content (AvgIpc) is 3.12. The maximum Gasteiger partial charge on any atom is 0.229 e. The van der Waals surface area contributed by atoms with Crippen molar-refractivity contribution in [3.05, 3.63) is 76.3 Å². The number of nitroso groups, excluding NO2 is 1. The molecule has 2 aromatic carbocycles. The first-order valence-electron chi connectivity index (χ1n) is 8.73. The summed E-state index contributed by atoms with van der Waals surface area (Å²) < 4.78 is 0. The topological polar surface area (TPSA) is 108 Å². The number of rotatable bonds is 6. The number of nitrogens with one attached hydrogen (secondary N) is 3. The molecule has 0 bridgehead atoms. The van der Waals surface area contributed by atoms with E-state index in [-0.39, 0.29) is 0 Å². The molecule has 2 aromatic heterocycles. The summed E-state index contributed by atoms with van der Waals surface area (Å²) in [6, 6.07) is 17.8. The Morgan fingerprint density at radius 2 is 1.83 bits per heavy atom. The molecule has 4 aromatic rings. The van der Waals surface area contributed by atoms with Crippen molar-refractivity contribution in [2.45, 2.75) is 6.92 Å². The SMILES string of the molecule is Cc1cc(Nc2cc(-c3cccc(N=O)c3)nc(Nc3cccc(Cl)c3)n2)n[nH]1. The number of aromatic amines is 1. The molecule has 0 unspecified atom stereocenters. The molecular weight excluding hydrogens is 390 g/mol. The second-order valence-electron chi connectivity index (χ2n) is 6.30. The van der Waals surface area contributed by atoms with Gasteiger partial charge in [0.25, 0.3) is 0 Å². The highest BCUT2D eigenvalue weighted by molar-refractivity contribution is 6.30. The summed E-state index contributed by atoms with van der Waals surface area (Å²) in [7, 11) is 0. The largest absolute Gasteiger partial charge is 0.324 e. The van der Waals surface area contributed by atoms with Gasteiger partial charge in [0.15, 0.2) is 5.82 Å². The van der Waals surface area contributed by atoms with Crippen LogP contribution in [0.15, 0.2) is 65.8 Å². The van der Waals surface area contributed by atoms with Crippen molar-refractivity contribution in [1.29, 1.82) is 0 Å². The van der Waals surface area contributed by atoms with E-state index in [0.717, 1.165) is 16.9 Å². The summed E-state index contributed by atoms with van der Waals surface area (Å²) >= 11 is 6.07. The summed E-state index contributed by atoms with van der Waals surface area (Å²) in [6.07, 6.45) is 0. The van der Waals surface area contributed by atoms with E-state index >= 15 is 0 Å². The van der Waals surface area contributed by atoms with Gasteiger partial charge in [0.2, 0.25) is 5.95 Å². The second kappa shape index (κ2) is 8.07. The van der Waals surface area contributed by atoms with Crippen LogP contribution in [0.2, 0.25) is 5.02 Å². The lowest BCUT2D eigenvalue weighted by Gasteiger charge is -2.11. The van der Waals surface area contributed by atoms with Crippen molar-refractivity contribution in [3.8, 4) is 11.3 Å². The normalized spacial score (nSPS) is 10.6. The number of hydrogen-bond donors (Lipinski definition) is 3. The van der Waals surface area contributed by atoms with E-state index in [0.29, 0.717) is 34.0 Å². The Hall–Kier alpha value is -3.78. The van der Waals surface area contributed by atoms with Crippen molar-refractivity contribution in [2.24, 2.45) is 5.18 Å². The number of aromatic nitrogens is 4. The molecule has 0 fully saturated rings. The van der Waals surface area contributed by atoms with E-state index in [9.17, 15) is 4.91 Å². The molecule has 0 atom stereocenters. The zero-order valence-corrected chi connectivity index (χ0v) is 16.1. The number of nitrogens with zero attached hydrogens (tertiary/aromatic N) is 4. The number of hydrogen-bond acceptors (Lipinski definition) is 7. The number of H-pyrrole nitrogens is 1. The van der Waals surface area contributed by atoms with Gasteiger partial charge < -0.3 is 10.6 Å². The Balaban J connectivity index is 1.74. The van der Waals surface area contributed by atoms with Gasteiger partial charge in [-0.3, -0.25) is 5.10 Å². The molecule has 0 saturated heterocycles. The fourth-order valence-corrected chi connectivity index (χ4v) is 2.94. The second-order valence-corrected chi connectivity index (χ2v) is 6.74. The maximum atomic E-state index is 10.9. The highest BCUT2D eigenvalue weighted by Crippen LogP contribution is 2.27. The number of aryl methyl sites for hydroxylation is 1. The monoisotopic (exact) mass is 405 g/mol. The van der Waals surface area contributed by atoms with Crippen molar-refractivity contribution < 1.29 is 0 Å². The smallest absolute Gasteiger partial charge is 0.229 e. The molecule has 0 aliphatic rings. The summed E-state index contributed by atoms with van der Waals surface area (Å²) in [5.74, 6) is 1.53. The lowest BCUT2D eigenvalue weighted by Crippen LogP contribution is -2.02. The van der Waals surface area contributed by atoms with E-state index in [1.165, 1.54) is 0 Å². The lowest BCUT2D eigenvalue weighted by atomic mass is 10.1. The third-order valence-corrected chi connectivity index (χ3v) is 4.25. The summed E-state index contributed by atoms with van der Waals surface area (Å²) in [5.41, 5.74) is 3.34. The third-order valence-electron chi connectivity index (χ3n) is 4.02. The molecule has 4 rings (SSSR count). The summed E-state index contributed by atoms with van der Waals surface area (Å²) in [6.45, 7) is 1.91.